The molecule has 1 aromatic rings. The highest BCUT2D eigenvalue weighted by molar-refractivity contribution is 6.29. The summed E-state index contributed by atoms with van der Waals surface area (Å²) < 4.78 is 0. The summed E-state index contributed by atoms with van der Waals surface area (Å²) >= 11 is 5.66. The van der Waals surface area contributed by atoms with Gasteiger partial charge in [-0.1, -0.05) is 23.7 Å². The molecule has 1 rings (SSSR count). The molecule has 0 fully saturated rings. The van der Waals surface area contributed by atoms with E-state index >= 15 is 0 Å². The van der Waals surface area contributed by atoms with Gasteiger partial charge in [-0.3, -0.25) is 4.79 Å². The van der Waals surface area contributed by atoms with Crippen molar-refractivity contribution >= 4 is 23.3 Å². The van der Waals surface area contributed by atoms with Crippen molar-refractivity contribution < 1.29 is 4.79 Å². The molecule has 0 aliphatic carbocycles. The number of carbonyl (C=O) groups excluding carboxylic acids is 1. The average molecular weight is 226 g/mol. The Morgan fingerprint density at radius 2 is 2.40 bits per heavy atom. The number of anilines is 1. The summed E-state index contributed by atoms with van der Waals surface area (Å²) in [6.45, 7) is 4.35. The first kappa shape index (κ1) is 11.7. The highest BCUT2D eigenvalue weighted by Gasteiger charge is 2.01. The Bertz CT molecular complexity index is 354. The minimum atomic E-state index is -0.161. The van der Waals surface area contributed by atoms with E-state index in [-0.39, 0.29) is 12.5 Å². The van der Waals surface area contributed by atoms with Crippen LogP contribution in [0.5, 0.6) is 0 Å². The Morgan fingerprint density at radius 1 is 1.60 bits per heavy atom. The first-order chi connectivity index (χ1) is 7.22. The van der Waals surface area contributed by atoms with Crippen molar-refractivity contribution in [3.63, 3.8) is 0 Å². The maximum absolute atomic E-state index is 11.3. The van der Waals surface area contributed by atoms with E-state index in [9.17, 15) is 4.79 Å². The van der Waals surface area contributed by atoms with Gasteiger partial charge in [0, 0.05) is 6.54 Å². The number of hydrogen-bond acceptors (Lipinski definition) is 3. The first-order valence-corrected chi connectivity index (χ1v) is 4.84. The molecule has 0 saturated carbocycles. The molecule has 4 nitrogen and oxygen atoms in total. The molecule has 0 aromatic carbocycles. The molecule has 0 unspecified atom stereocenters. The van der Waals surface area contributed by atoms with Crippen LogP contribution in [0.25, 0.3) is 0 Å². The zero-order valence-electron chi connectivity index (χ0n) is 8.16. The second-order valence-corrected chi connectivity index (χ2v) is 3.20. The van der Waals surface area contributed by atoms with Crippen LogP contribution in [-0.4, -0.2) is 24.0 Å². The molecule has 2 N–H and O–H groups in total. The smallest absolute Gasteiger partial charge is 0.239 e. The van der Waals surface area contributed by atoms with Crippen LogP contribution >= 0.6 is 11.6 Å². The van der Waals surface area contributed by atoms with Gasteiger partial charge in [-0.05, 0) is 12.1 Å². The van der Waals surface area contributed by atoms with Crippen LogP contribution in [0.2, 0.25) is 5.15 Å². The second kappa shape index (κ2) is 6.16. The van der Waals surface area contributed by atoms with Crippen molar-refractivity contribution in [3.8, 4) is 0 Å². The number of halogens is 1. The lowest BCUT2D eigenvalue weighted by molar-refractivity contribution is -0.115. The average Bonchev–Trinajstić information content (AvgIpc) is 2.18. The lowest BCUT2D eigenvalue weighted by Gasteiger charge is -2.04. The third-order valence-electron chi connectivity index (χ3n) is 1.56. The predicted molar refractivity (Wildman–Crippen MR) is 60.9 cm³/mol. The molecule has 80 valence electrons. The Labute approximate surface area is 93.4 Å². The fourth-order valence-electron chi connectivity index (χ4n) is 0.953. The van der Waals surface area contributed by atoms with Gasteiger partial charge in [0.2, 0.25) is 5.91 Å². The third kappa shape index (κ3) is 4.58. The van der Waals surface area contributed by atoms with Crippen LogP contribution in [0.15, 0.2) is 30.9 Å². The molecule has 0 saturated heterocycles. The lowest BCUT2D eigenvalue weighted by Crippen LogP contribution is -2.28. The normalized spacial score (nSPS) is 9.67. The number of pyridine rings is 1. The van der Waals surface area contributed by atoms with Gasteiger partial charge in [-0.15, -0.1) is 6.58 Å². The van der Waals surface area contributed by atoms with Crippen LogP contribution in [0.1, 0.15) is 0 Å². The molecule has 0 spiro atoms. The summed E-state index contributed by atoms with van der Waals surface area (Å²) in [5.41, 5.74) is 0. The number of nitrogens with zero attached hydrogens (tertiary/aromatic N) is 1. The monoisotopic (exact) mass is 225 g/mol. The SMILES string of the molecule is C=CCNCC(=O)Nc1cccc(Cl)n1. The Morgan fingerprint density at radius 3 is 3.07 bits per heavy atom. The second-order valence-electron chi connectivity index (χ2n) is 2.81. The van der Waals surface area contributed by atoms with Gasteiger partial charge >= 0.3 is 0 Å². The quantitative estimate of drug-likeness (QED) is 0.453. The van der Waals surface area contributed by atoms with Crippen molar-refractivity contribution in [2.75, 3.05) is 18.4 Å². The van der Waals surface area contributed by atoms with Gasteiger partial charge in [0.25, 0.3) is 0 Å². The van der Waals surface area contributed by atoms with E-state index in [1.807, 2.05) is 0 Å². The van der Waals surface area contributed by atoms with Crippen LogP contribution in [0.4, 0.5) is 5.82 Å². The van der Waals surface area contributed by atoms with Crippen molar-refractivity contribution in [1.82, 2.24) is 10.3 Å². The predicted octanol–water partition coefficient (Wildman–Crippen LogP) is 1.45. The molecule has 5 heteroatoms. The number of amides is 1. The number of nitrogens with one attached hydrogen (secondary N) is 2. The number of carbonyl (C=O) groups is 1. The molecule has 1 heterocycles. The molecule has 0 atom stereocenters. The minimum Gasteiger partial charge on any atom is -0.310 e. The number of hydrogen-bond donors (Lipinski definition) is 2. The summed E-state index contributed by atoms with van der Waals surface area (Å²) in [6, 6.07) is 5.05. The summed E-state index contributed by atoms with van der Waals surface area (Å²) in [6.07, 6.45) is 1.69. The van der Waals surface area contributed by atoms with Crippen LogP contribution in [0, 0.1) is 0 Å². The van der Waals surface area contributed by atoms with Gasteiger partial charge in [-0.2, -0.15) is 0 Å². The van der Waals surface area contributed by atoms with Crippen LogP contribution < -0.4 is 10.6 Å². The fraction of sp³-hybridized carbons (Fsp3) is 0.200. The summed E-state index contributed by atoms with van der Waals surface area (Å²) in [5.74, 6) is 0.291. The maximum Gasteiger partial charge on any atom is 0.239 e. The van der Waals surface area contributed by atoms with Crippen molar-refractivity contribution in [2.45, 2.75) is 0 Å². The number of aromatic nitrogens is 1. The van der Waals surface area contributed by atoms with Crippen LogP contribution in [0.3, 0.4) is 0 Å². The molecule has 1 aromatic heterocycles. The minimum absolute atomic E-state index is 0.161. The third-order valence-corrected chi connectivity index (χ3v) is 1.77. The molecule has 0 aliphatic heterocycles. The summed E-state index contributed by atoms with van der Waals surface area (Å²) in [7, 11) is 0. The van der Waals surface area contributed by atoms with E-state index in [1.54, 1.807) is 24.3 Å². The van der Waals surface area contributed by atoms with Gasteiger partial charge in [0.15, 0.2) is 0 Å². The van der Waals surface area contributed by atoms with Gasteiger partial charge < -0.3 is 10.6 Å². The summed E-state index contributed by atoms with van der Waals surface area (Å²) in [4.78, 5) is 15.2. The zero-order valence-corrected chi connectivity index (χ0v) is 8.92. The molecular formula is C10H12ClN3O. The molecule has 1 amide bonds. The van der Waals surface area contributed by atoms with E-state index in [0.717, 1.165) is 0 Å². The van der Waals surface area contributed by atoms with Gasteiger partial charge in [0.05, 0.1) is 6.54 Å². The zero-order chi connectivity index (χ0) is 11.1. The molecule has 0 radical (unpaired) electrons. The molecule has 0 aliphatic rings. The maximum atomic E-state index is 11.3. The Kier molecular flexibility index (Phi) is 4.80. The molecule has 15 heavy (non-hydrogen) atoms. The van der Waals surface area contributed by atoms with Gasteiger partial charge in [0.1, 0.15) is 11.0 Å². The Balaban J connectivity index is 2.40. The van der Waals surface area contributed by atoms with Crippen molar-refractivity contribution in [2.24, 2.45) is 0 Å². The first-order valence-electron chi connectivity index (χ1n) is 4.46. The van der Waals surface area contributed by atoms with E-state index < -0.39 is 0 Å². The van der Waals surface area contributed by atoms with E-state index in [2.05, 4.69) is 22.2 Å². The largest absolute Gasteiger partial charge is 0.310 e. The summed E-state index contributed by atoms with van der Waals surface area (Å²) in [5, 5.41) is 5.84. The van der Waals surface area contributed by atoms with Gasteiger partial charge in [-0.25, -0.2) is 4.98 Å². The topological polar surface area (TPSA) is 54.0 Å². The van der Waals surface area contributed by atoms with Crippen molar-refractivity contribution in [1.29, 1.82) is 0 Å². The molecule has 0 bridgehead atoms. The molecular weight excluding hydrogens is 214 g/mol. The highest BCUT2D eigenvalue weighted by Crippen LogP contribution is 2.08. The van der Waals surface area contributed by atoms with E-state index in [0.29, 0.717) is 17.5 Å². The van der Waals surface area contributed by atoms with Crippen LogP contribution in [-0.2, 0) is 4.79 Å². The lowest BCUT2D eigenvalue weighted by atomic mass is 10.4. The highest BCUT2D eigenvalue weighted by atomic mass is 35.5. The Hall–Kier alpha value is -1.39. The fourth-order valence-corrected chi connectivity index (χ4v) is 1.12. The van der Waals surface area contributed by atoms with E-state index in [1.165, 1.54) is 0 Å². The van der Waals surface area contributed by atoms with Crippen molar-refractivity contribution in [3.05, 3.63) is 36.0 Å². The number of rotatable bonds is 5. The standard InChI is InChI=1S/C10H12ClN3O/c1-2-6-12-7-10(15)14-9-5-3-4-8(11)13-9/h2-5,12H,1,6-7H2,(H,13,14,15). The van der Waals surface area contributed by atoms with E-state index in [4.69, 9.17) is 11.6 Å².